The number of rotatable bonds is 8. The Morgan fingerprint density at radius 1 is 1.08 bits per heavy atom. The van der Waals surface area contributed by atoms with Crippen LogP contribution in [0.3, 0.4) is 0 Å². The molecule has 2 rings (SSSR count). The molecule has 0 saturated heterocycles. The van der Waals surface area contributed by atoms with Crippen LogP contribution in [0.2, 0.25) is 0 Å². The van der Waals surface area contributed by atoms with Gasteiger partial charge >= 0.3 is 0 Å². The van der Waals surface area contributed by atoms with Crippen molar-refractivity contribution in [3.63, 3.8) is 0 Å². The summed E-state index contributed by atoms with van der Waals surface area (Å²) in [5, 5.41) is 10.1. The molecular formula is C19H25BNO3. The number of hydrogen-bond acceptors (Lipinski definition) is 4. The smallest absolute Gasteiger partial charge is 0.185 e. The quantitative estimate of drug-likeness (QED) is 0.758. The summed E-state index contributed by atoms with van der Waals surface area (Å²) in [4.78, 5) is 3.99. The zero-order valence-corrected chi connectivity index (χ0v) is 14.8. The first kappa shape index (κ1) is 18.5. The van der Waals surface area contributed by atoms with Crippen molar-refractivity contribution in [1.29, 1.82) is 0 Å². The highest BCUT2D eigenvalue weighted by Gasteiger charge is 2.35. The second kappa shape index (κ2) is 7.82. The average molecular weight is 326 g/mol. The van der Waals surface area contributed by atoms with Gasteiger partial charge in [0.1, 0.15) is 12.4 Å². The number of pyridine rings is 1. The molecule has 0 saturated carbocycles. The van der Waals surface area contributed by atoms with Crippen LogP contribution in [-0.2, 0) is 11.3 Å². The van der Waals surface area contributed by atoms with Crippen LogP contribution >= 0.6 is 0 Å². The number of aromatic nitrogens is 1. The molecule has 0 aliphatic carbocycles. The third-order valence-corrected chi connectivity index (χ3v) is 4.25. The lowest BCUT2D eigenvalue weighted by Gasteiger charge is -2.37. The second-order valence-electron chi connectivity index (χ2n) is 6.80. The van der Waals surface area contributed by atoms with Crippen LogP contribution in [0.4, 0.5) is 0 Å². The second-order valence-corrected chi connectivity index (χ2v) is 6.80. The van der Waals surface area contributed by atoms with Crippen LogP contribution in [0.25, 0.3) is 0 Å². The summed E-state index contributed by atoms with van der Waals surface area (Å²) in [7, 11) is 1.98. The van der Waals surface area contributed by atoms with E-state index in [0.29, 0.717) is 13.1 Å². The van der Waals surface area contributed by atoms with Crippen molar-refractivity contribution >= 4 is 12.7 Å². The van der Waals surface area contributed by atoms with Gasteiger partial charge in [-0.3, -0.25) is 4.98 Å². The molecule has 0 bridgehead atoms. The summed E-state index contributed by atoms with van der Waals surface area (Å²) < 4.78 is 11.6. The Balaban J connectivity index is 1.86. The minimum Gasteiger partial charge on any atom is -0.489 e. The van der Waals surface area contributed by atoms with Crippen LogP contribution in [0.1, 0.15) is 33.3 Å². The molecule has 0 spiro atoms. The van der Waals surface area contributed by atoms with Gasteiger partial charge in [-0.25, -0.2) is 0 Å². The molecule has 0 aliphatic heterocycles. The van der Waals surface area contributed by atoms with Crippen molar-refractivity contribution in [2.45, 2.75) is 45.5 Å². The maximum atomic E-state index is 10.1. The average Bonchev–Trinajstić information content (AvgIpc) is 2.53. The molecule has 4 nitrogen and oxygen atoms in total. The summed E-state index contributed by atoms with van der Waals surface area (Å²) >= 11 is 0. The van der Waals surface area contributed by atoms with E-state index < -0.39 is 11.2 Å². The molecule has 2 aromatic rings. The molecule has 1 radical (unpaired) electrons. The van der Waals surface area contributed by atoms with Gasteiger partial charge in [0.25, 0.3) is 0 Å². The first-order valence-corrected chi connectivity index (χ1v) is 8.09. The third-order valence-electron chi connectivity index (χ3n) is 4.25. The van der Waals surface area contributed by atoms with Gasteiger partial charge in [-0.05, 0) is 57.5 Å². The van der Waals surface area contributed by atoms with E-state index in [0.717, 1.165) is 16.8 Å². The van der Waals surface area contributed by atoms with Gasteiger partial charge in [-0.2, -0.15) is 0 Å². The third kappa shape index (κ3) is 5.36. The van der Waals surface area contributed by atoms with E-state index >= 15 is 0 Å². The van der Waals surface area contributed by atoms with Gasteiger partial charge in [0.2, 0.25) is 0 Å². The van der Waals surface area contributed by atoms with Gasteiger partial charge in [0.15, 0.2) is 7.28 Å². The molecule has 1 aromatic carbocycles. The van der Waals surface area contributed by atoms with Gasteiger partial charge in [-0.1, -0.05) is 17.6 Å². The molecule has 0 atom stereocenters. The maximum absolute atomic E-state index is 10.1. The Kier molecular flexibility index (Phi) is 6.02. The summed E-state index contributed by atoms with van der Waals surface area (Å²) in [6, 6.07) is 11.7. The predicted molar refractivity (Wildman–Crippen MR) is 96.7 cm³/mol. The highest BCUT2D eigenvalue weighted by atomic mass is 16.5. The van der Waals surface area contributed by atoms with Crippen LogP contribution < -0.4 is 10.2 Å². The van der Waals surface area contributed by atoms with Gasteiger partial charge in [0.05, 0.1) is 11.2 Å². The molecule has 1 N–H and O–H groups in total. The lowest BCUT2D eigenvalue weighted by Crippen LogP contribution is -2.48. The van der Waals surface area contributed by atoms with Crippen molar-refractivity contribution in [1.82, 2.24) is 4.98 Å². The molecule has 0 amide bonds. The summed E-state index contributed by atoms with van der Waals surface area (Å²) in [6.07, 6.45) is 3.51. The van der Waals surface area contributed by atoms with E-state index in [9.17, 15) is 5.11 Å². The van der Waals surface area contributed by atoms with Gasteiger partial charge in [-0.15, -0.1) is 0 Å². The fourth-order valence-corrected chi connectivity index (χ4v) is 1.90. The number of hydrogen-bond donors (Lipinski definition) is 1. The Morgan fingerprint density at radius 2 is 1.79 bits per heavy atom. The number of aliphatic hydroxyl groups is 1. The number of ether oxygens (including phenoxy) is 2. The molecule has 24 heavy (non-hydrogen) atoms. The topological polar surface area (TPSA) is 51.6 Å². The molecule has 5 heteroatoms. The molecule has 1 aromatic heterocycles. The molecule has 1 heterocycles. The molecular weight excluding hydrogens is 301 g/mol. The Bertz CT molecular complexity index is 639. The summed E-state index contributed by atoms with van der Waals surface area (Å²) in [6.45, 7) is 8.20. The van der Waals surface area contributed by atoms with E-state index in [1.165, 1.54) is 0 Å². The van der Waals surface area contributed by atoms with Crippen LogP contribution in [0.5, 0.6) is 5.75 Å². The standard InChI is InChI=1S/C19H25BNO3/c1-18(2,22)19(3,4)24-14-20-16-6-5-7-17(12-16)23-13-15-8-10-21-11-9-15/h5-12,22H,13-14H2,1-4H3. The van der Waals surface area contributed by atoms with E-state index in [1.54, 1.807) is 26.2 Å². The van der Waals surface area contributed by atoms with Crippen molar-refractivity contribution < 1.29 is 14.6 Å². The predicted octanol–water partition coefficient (Wildman–Crippen LogP) is 2.51. The zero-order chi connectivity index (χ0) is 17.6. The van der Waals surface area contributed by atoms with Gasteiger partial charge in [0, 0.05) is 18.9 Å². The minimum atomic E-state index is -0.906. The lowest BCUT2D eigenvalue weighted by atomic mass is 9.71. The first-order valence-electron chi connectivity index (χ1n) is 8.09. The van der Waals surface area contributed by atoms with Crippen LogP contribution in [-0.4, -0.2) is 35.1 Å². The van der Waals surface area contributed by atoms with Crippen molar-refractivity contribution in [3.8, 4) is 5.75 Å². The molecule has 0 aliphatic rings. The van der Waals surface area contributed by atoms with E-state index in [4.69, 9.17) is 9.47 Å². The van der Waals surface area contributed by atoms with Crippen LogP contribution in [0, 0.1) is 0 Å². The van der Waals surface area contributed by atoms with Gasteiger partial charge < -0.3 is 14.6 Å². The first-order chi connectivity index (χ1) is 11.3. The molecule has 0 unspecified atom stereocenters. The SMILES string of the molecule is CC(C)(O)C(C)(C)OC[B]c1cccc(OCc2ccncc2)c1. The fourth-order valence-electron chi connectivity index (χ4n) is 1.90. The van der Waals surface area contributed by atoms with Crippen LogP contribution in [0.15, 0.2) is 48.8 Å². The highest BCUT2D eigenvalue weighted by molar-refractivity contribution is 6.53. The molecule has 0 fully saturated rings. The minimum absolute atomic E-state index is 0.421. The van der Waals surface area contributed by atoms with Crippen molar-refractivity contribution in [3.05, 3.63) is 54.4 Å². The Morgan fingerprint density at radius 3 is 2.46 bits per heavy atom. The largest absolute Gasteiger partial charge is 0.489 e. The Hall–Kier alpha value is -1.85. The number of benzene rings is 1. The zero-order valence-electron chi connectivity index (χ0n) is 14.8. The summed E-state index contributed by atoms with van der Waals surface area (Å²) in [5.41, 5.74) is 0.568. The maximum Gasteiger partial charge on any atom is 0.185 e. The summed E-state index contributed by atoms with van der Waals surface area (Å²) in [5.74, 6) is 0.808. The fraction of sp³-hybridized carbons (Fsp3) is 0.421. The van der Waals surface area contributed by atoms with Crippen molar-refractivity contribution in [2.24, 2.45) is 0 Å². The normalized spacial score (nSPS) is 12.0. The molecule has 127 valence electrons. The van der Waals surface area contributed by atoms with E-state index in [2.05, 4.69) is 4.98 Å². The lowest BCUT2D eigenvalue weighted by molar-refractivity contribution is -0.135. The monoisotopic (exact) mass is 326 g/mol. The van der Waals surface area contributed by atoms with E-state index in [-0.39, 0.29) is 0 Å². The van der Waals surface area contributed by atoms with Crippen molar-refractivity contribution in [2.75, 3.05) is 6.51 Å². The Labute approximate surface area is 145 Å². The van der Waals surface area contributed by atoms with E-state index in [1.807, 2.05) is 57.5 Å². The highest BCUT2D eigenvalue weighted by Crippen LogP contribution is 2.24. The number of nitrogens with zero attached hydrogens (tertiary/aromatic N) is 1.